The molecule has 0 saturated carbocycles. The number of nitrogens with one attached hydrogen (secondary N) is 2. The Bertz CT molecular complexity index is 521. The van der Waals surface area contributed by atoms with Crippen LogP contribution in [0.15, 0.2) is 42.5 Å². The molecule has 0 aliphatic heterocycles. The summed E-state index contributed by atoms with van der Waals surface area (Å²) in [4.78, 5) is 0. The molecular formula is C17H24N2. The summed E-state index contributed by atoms with van der Waals surface area (Å²) in [6.45, 7) is 3.29. The van der Waals surface area contributed by atoms with Crippen LogP contribution in [-0.2, 0) is 0 Å². The predicted molar refractivity (Wildman–Crippen MR) is 83.5 cm³/mol. The molecule has 2 aromatic rings. The van der Waals surface area contributed by atoms with Gasteiger partial charge in [0.2, 0.25) is 0 Å². The maximum Gasteiger partial charge on any atom is 0.0358 e. The SMILES string of the molecule is CCC(CNC)C(NC)c1ccc2ccccc2c1. The van der Waals surface area contributed by atoms with Crippen molar-refractivity contribution in [1.29, 1.82) is 0 Å². The molecule has 2 N–H and O–H groups in total. The Morgan fingerprint density at radius 1 is 1.00 bits per heavy atom. The maximum absolute atomic E-state index is 3.48. The third-order valence-electron chi connectivity index (χ3n) is 3.91. The van der Waals surface area contributed by atoms with Crippen LogP contribution in [0.25, 0.3) is 10.8 Å². The number of fused-ring (bicyclic) bond motifs is 1. The second kappa shape index (κ2) is 6.69. The molecule has 2 rings (SSSR count). The largest absolute Gasteiger partial charge is 0.319 e. The van der Waals surface area contributed by atoms with E-state index in [-0.39, 0.29) is 0 Å². The van der Waals surface area contributed by atoms with Gasteiger partial charge >= 0.3 is 0 Å². The second-order valence-corrected chi connectivity index (χ2v) is 5.10. The van der Waals surface area contributed by atoms with Crippen LogP contribution < -0.4 is 10.6 Å². The first-order valence-corrected chi connectivity index (χ1v) is 7.10. The summed E-state index contributed by atoms with van der Waals surface area (Å²) in [6, 6.07) is 15.7. The number of hydrogen-bond acceptors (Lipinski definition) is 2. The molecule has 2 atom stereocenters. The average Bonchev–Trinajstić information content (AvgIpc) is 2.47. The van der Waals surface area contributed by atoms with E-state index in [0.29, 0.717) is 12.0 Å². The highest BCUT2D eigenvalue weighted by molar-refractivity contribution is 5.83. The van der Waals surface area contributed by atoms with Gasteiger partial charge in [0.1, 0.15) is 0 Å². The van der Waals surface area contributed by atoms with Gasteiger partial charge in [0.15, 0.2) is 0 Å². The molecule has 0 heterocycles. The van der Waals surface area contributed by atoms with Gasteiger partial charge in [0.25, 0.3) is 0 Å². The van der Waals surface area contributed by atoms with E-state index in [1.807, 2.05) is 7.05 Å². The van der Waals surface area contributed by atoms with Crippen molar-refractivity contribution in [3.8, 4) is 0 Å². The molecule has 0 aliphatic rings. The molecule has 2 aromatic carbocycles. The van der Waals surface area contributed by atoms with Crippen molar-refractivity contribution in [2.75, 3.05) is 20.6 Å². The number of rotatable bonds is 6. The summed E-state index contributed by atoms with van der Waals surface area (Å²) < 4.78 is 0. The Morgan fingerprint density at radius 2 is 1.74 bits per heavy atom. The normalized spacial score (nSPS) is 14.5. The van der Waals surface area contributed by atoms with Crippen molar-refractivity contribution >= 4 is 10.8 Å². The van der Waals surface area contributed by atoms with Crippen LogP contribution in [0.2, 0.25) is 0 Å². The maximum atomic E-state index is 3.48. The molecule has 0 spiro atoms. The topological polar surface area (TPSA) is 24.1 Å². The van der Waals surface area contributed by atoms with Crippen LogP contribution >= 0.6 is 0 Å². The van der Waals surface area contributed by atoms with Crippen LogP contribution in [0, 0.1) is 5.92 Å². The van der Waals surface area contributed by atoms with E-state index in [2.05, 4.69) is 67.1 Å². The molecular weight excluding hydrogens is 232 g/mol. The van der Waals surface area contributed by atoms with E-state index < -0.39 is 0 Å². The second-order valence-electron chi connectivity index (χ2n) is 5.10. The van der Waals surface area contributed by atoms with Gasteiger partial charge in [-0.05, 0) is 49.0 Å². The molecule has 0 radical (unpaired) electrons. The molecule has 0 amide bonds. The third kappa shape index (κ3) is 3.14. The first-order chi connectivity index (χ1) is 9.30. The Balaban J connectivity index is 2.34. The molecule has 102 valence electrons. The Hall–Kier alpha value is -1.38. The van der Waals surface area contributed by atoms with E-state index in [1.54, 1.807) is 0 Å². The van der Waals surface area contributed by atoms with E-state index in [9.17, 15) is 0 Å². The summed E-state index contributed by atoms with van der Waals surface area (Å²) in [5.74, 6) is 0.608. The number of hydrogen-bond donors (Lipinski definition) is 2. The molecule has 2 heteroatoms. The van der Waals surface area contributed by atoms with Crippen molar-refractivity contribution in [2.45, 2.75) is 19.4 Å². The average molecular weight is 256 g/mol. The van der Waals surface area contributed by atoms with Crippen LogP contribution in [-0.4, -0.2) is 20.6 Å². The zero-order valence-corrected chi connectivity index (χ0v) is 12.1. The summed E-state index contributed by atoms with van der Waals surface area (Å²) in [5.41, 5.74) is 1.38. The fraction of sp³-hybridized carbons (Fsp3) is 0.412. The fourth-order valence-electron chi connectivity index (χ4n) is 2.84. The van der Waals surface area contributed by atoms with Crippen LogP contribution in [0.4, 0.5) is 0 Å². The lowest BCUT2D eigenvalue weighted by atomic mass is 9.89. The van der Waals surface area contributed by atoms with Gasteiger partial charge in [0.05, 0.1) is 0 Å². The van der Waals surface area contributed by atoms with Gasteiger partial charge in [-0.25, -0.2) is 0 Å². The Labute approximate surface area is 116 Å². The summed E-state index contributed by atoms with van der Waals surface area (Å²) >= 11 is 0. The van der Waals surface area contributed by atoms with Crippen molar-refractivity contribution in [2.24, 2.45) is 5.92 Å². The molecule has 0 fully saturated rings. The lowest BCUT2D eigenvalue weighted by Gasteiger charge is -2.26. The van der Waals surface area contributed by atoms with Crippen LogP contribution in [0.5, 0.6) is 0 Å². The van der Waals surface area contributed by atoms with Crippen molar-refractivity contribution in [3.63, 3.8) is 0 Å². The highest BCUT2D eigenvalue weighted by Gasteiger charge is 2.19. The number of benzene rings is 2. The third-order valence-corrected chi connectivity index (χ3v) is 3.91. The quantitative estimate of drug-likeness (QED) is 0.828. The minimum atomic E-state index is 0.405. The van der Waals surface area contributed by atoms with E-state index in [1.165, 1.54) is 22.8 Å². The standard InChI is InChI=1S/C17H24N2/c1-4-13(12-18-2)17(19-3)16-10-9-14-7-5-6-8-15(14)11-16/h5-11,13,17-19H,4,12H2,1-3H3. The van der Waals surface area contributed by atoms with Crippen LogP contribution in [0.1, 0.15) is 24.9 Å². The molecule has 0 aromatic heterocycles. The van der Waals surface area contributed by atoms with E-state index in [4.69, 9.17) is 0 Å². The van der Waals surface area contributed by atoms with Crippen LogP contribution in [0.3, 0.4) is 0 Å². The van der Waals surface area contributed by atoms with Gasteiger partial charge in [0, 0.05) is 6.04 Å². The molecule has 0 bridgehead atoms. The highest BCUT2D eigenvalue weighted by Crippen LogP contribution is 2.27. The molecule has 19 heavy (non-hydrogen) atoms. The minimum absolute atomic E-state index is 0.405. The lowest BCUT2D eigenvalue weighted by Crippen LogP contribution is -2.31. The van der Waals surface area contributed by atoms with E-state index in [0.717, 1.165) is 6.54 Å². The fourth-order valence-corrected chi connectivity index (χ4v) is 2.84. The van der Waals surface area contributed by atoms with Gasteiger partial charge in [-0.15, -0.1) is 0 Å². The van der Waals surface area contributed by atoms with E-state index >= 15 is 0 Å². The summed E-state index contributed by atoms with van der Waals surface area (Å²) in [7, 11) is 4.08. The summed E-state index contributed by atoms with van der Waals surface area (Å²) in [5, 5.41) is 9.41. The van der Waals surface area contributed by atoms with Crippen molar-refractivity contribution in [3.05, 3.63) is 48.0 Å². The van der Waals surface area contributed by atoms with Crippen molar-refractivity contribution in [1.82, 2.24) is 10.6 Å². The molecule has 2 nitrogen and oxygen atoms in total. The summed E-state index contributed by atoms with van der Waals surface area (Å²) in [6.07, 6.45) is 1.17. The van der Waals surface area contributed by atoms with Gasteiger partial charge in [-0.2, -0.15) is 0 Å². The molecule has 0 aliphatic carbocycles. The molecule has 0 saturated heterocycles. The van der Waals surface area contributed by atoms with Gasteiger partial charge in [-0.1, -0.05) is 49.7 Å². The van der Waals surface area contributed by atoms with Gasteiger partial charge < -0.3 is 10.6 Å². The van der Waals surface area contributed by atoms with Crippen molar-refractivity contribution < 1.29 is 0 Å². The highest BCUT2D eigenvalue weighted by atomic mass is 14.9. The monoisotopic (exact) mass is 256 g/mol. The first-order valence-electron chi connectivity index (χ1n) is 7.10. The Kier molecular flexibility index (Phi) is 4.94. The molecule has 2 unspecified atom stereocenters. The van der Waals surface area contributed by atoms with Gasteiger partial charge in [-0.3, -0.25) is 0 Å². The first kappa shape index (κ1) is 14.0. The predicted octanol–water partition coefficient (Wildman–Crippen LogP) is 3.35. The zero-order chi connectivity index (χ0) is 13.7. The zero-order valence-electron chi connectivity index (χ0n) is 12.1. The minimum Gasteiger partial charge on any atom is -0.319 e. The Morgan fingerprint density at radius 3 is 2.37 bits per heavy atom. The smallest absolute Gasteiger partial charge is 0.0358 e. The lowest BCUT2D eigenvalue weighted by molar-refractivity contribution is 0.360.